The highest BCUT2D eigenvalue weighted by molar-refractivity contribution is 5.93. The first kappa shape index (κ1) is 24.5. The molecule has 0 spiro atoms. The minimum atomic E-state index is 0.256. The van der Waals surface area contributed by atoms with Gasteiger partial charge in [-0.3, -0.25) is 4.79 Å². The van der Waals surface area contributed by atoms with E-state index in [4.69, 9.17) is 0 Å². The van der Waals surface area contributed by atoms with E-state index in [0.29, 0.717) is 6.42 Å². The van der Waals surface area contributed by atoms with E-state index in [-0.39, 0.29) is 5.91 Å². The number of para-hydroxylation sites is 1. The molecule has 1 aromatic rings. The van der Waals surface area contributed by atoms with Gasteiger partial charge in [-0.1, -0.05) is 88.6 Å². The normalized spacial score (nSPS) is 11.2. The van der Waals surface area contributed by atoms with Gasteiger partial charge < -0.3 is 4.90 Å². The van der Waals surface area contributed by atoms with Crippen molar-refractivity contribution in [3.05, 3.63) is 42.5 Å². The molecule has 0 saturated carbocycles. The van der Waals surface area contributed by atoms with Gasteiger partial charge in [0, 0.05) is 18.7 Å². The Morgan fingerprint density at radius 2 is 1.29 bits per heavy atom. The van der Waals surface area contributed by atoms with Crippen LogP contribution in [0.25, 0.3) is 0 Å². The number of allylic oxidation sites excluding steroid dienone is 2. The largest absolute Gasteiger partial charge is 0.313 e. The Balaban J connectivity index is 1.96. The molecule has 1 aromatic carbocycles. The molecular weight excluding hydrogens is 342 g/mol. The van der Waals surface area contributed by atoms with E-state index in [9.17, 15) is 4.79 Å². The maximum Gasteiger partial charge on any atom is 0.226 e. The van der Waals surface area contributed by atoms with Crippen molar-refractivity contribution >= 4 is 11.6 Å². The highest BCUT2D eigenvalue weighted by Crippen LogP contribution is 2.16. The van der Waals surface area contributed by atoms with Gasteiger partial charge in [0.25, 0.3) is 0 Å². The predicted molar refractivity (Wildman–Crippen MR) is 124 cm³/mol. The van der Waals surface area contributed by atoms with Crippen LogP contribution in [-0.2, 0) is 4.79 Å². The third-order valence-corrected chi connectivity index (χ3v) is 5.34. The average molecular weight is 386 g/mol. The van der Waals surface area contributed by atoms with Crippen LogP contribution in [0.3, 0.4) is 0 Å². The molecule has 1 rings (SSSR count). The summed E-state index contributed by atoms with van der Waals surface area (Å²) in [5.74, 6) is 0.256. The quantitative estimate of drug-likeness (QED) is 0.196. The molecule has 2 heteroatoms. The van der Waals surface area contributed by atoms with E-state index in [0.717, 1.165) is 18.7 Å². The Morgan fingerprint density at radius 3 is 1.86 bits per heavy atom. The van der Waals surface area contributed by atoms with Crippen LogP contribution in [0.5, 0.6) is 0 Å². The molecule has 0 fully saturated rings. The van der Waals surface area contributed by atoms with E-state index in [1.54, 1.807) is 0 Å². The van der Waals surface area contributed by atoms with Crippen LogP contribution < -0.4 is 4.90 Å². The summed E-state index contributed by atoms with van der Waals surface area (Å²) < 4.78 is 0. The standard InChI is InChI=1S/C26H43NO/c1-3-5-6-7-8-9-10-11-12-13-14-15-16-17-21-24-26(28)27(4-2)25-22-19-18-20-23-25/h11-12,18-20,22-23H,3-10,13-17,21,24H2,1-2H3. The zero-order valence-electron chi connectivity index (χ0n) is 18.5. The number of hydrogen-bond acceptors (Lipinski definition) is 1. The second-order valence-electron chi connectivity index (χ2n) is 7.81. The molecule has 0 aliphatic rings. The molecular formula is C26H43NO. The molecule has 0 heterocycles. The Morgan fingerprint density at radius 1 is 0.750 bits per heavy atom. The molecule has 158 valence electrons. The topological polar surface area (TPSA) is 20.3 Å². The van der Waals surface area contributed by atoms with Gasteiger partial charge in [-0.15, -0.1) is 0 Å². The monoisotopic (exact) mass is 385 g/mol. The van der Waals surface area contributed by atoms with E-state index in [1.807, 2.05) is 42.2 Å². The van der Waals surface area contributed by atoms with E-state index in [2.05, 4.69) is 19.1 Å². The highest BCUT2D eigenvalue weighted by atomic mass is 16.2. The van der Waals surface area contributed by atoms with Gasteiger partial charge in [-0.05, 0) is 51.2 Å². The Kier molecular flexibility index (Phi) is 15.3. The number of hydrogen-bond donors (Lipinski definition) is 0. The van der Waals surface area contributed by atoms with Crippen LogP contribution in [0, 0.1) is 0 Å². The molecule has 0 radical (unpaired) electrons. The second-order valence-corrected chi connectivity index (χ2v) is 7.81. The van der Waals surface area contributed by atoms with Gasteiger partial charge in [0.15, 0.2) is 0 Å². The first-order valence-corrected chi connectivity index (χ1v) is 11.8. The number of carbonyl (C=O) groups excluding carboxylic acids is 1. The van der Waals surface area contributed by atoms with Crippen molar-refractivity contribution in [3.63, 3.8) is 0 Å². The van der Waals surface area contributed by atoms with E-state index in [1.165, 1.54) is 77.0 Å². The number of carbonyl (C=O) groups is 1. The number of rotatable bonds is 17. The lowest BCUT2D eigenvalue weighted by Crippen LogP contribution is -2.30. The zero-order chi connectivity index (χ0) is 20.3. The SMILES string of the molecule is CCCCCCCCC=CCCCCCCCC(=O)N(CC)c1ccccc1. The molecule has 0 aliphatic heterocycles. The molecule has 0 unspecified atom stereocenters. The van der Waals surface area contributed by atoms with Crippen LogP contribution in [0.2, 0.25) is 0 Å². The Labute approximate surface area is 174 Å². The molecule has 0 saturated heterocycles. The fourth-order valence-electron chi connectivity index (χ4n) is 3.59. The summed E-state index contributed by atoms with van der Waals surface area (Å²) in [4.78, 5) is 14.3. The maximum atomic E-state index is 12.4. The van der Waals surface area contributed by atoms with Gasteiger partial charge >= 0.3 is 0 Å². The molecule has 0 N–H and O–H groups in total. The van der Waals surface area contributed by atoms with Gasteiger partial charge in [-0.2, -0.15) is 0 Å². The average Bonchev–Trinajstić information content (AvgIpc) is 2.72. The molecule has 28 heavy (non-hydrogen) atoms. The fourth-order valence-corrected chi connectivity index (χ4v) is 3.59. The van der Waals surface area contributed by atoms with Crippen LogP contribution >= 0.6 is 0 Å². The lowest BCUT2D eigenvalue weighted by atomic mass is 10.1. The van der Waals surface area contributed by atoms with E-state index >= 15 is 0 Å². The van der Waals surface area contributed by atoms with Crippen molar-refractivity contribution in [2.45, 2.75) is 104 Å². The first-order valence-electron chi connectivity index (χ1n) is 11.8. The Hall–Kier alpha value is -1.57. The maximum absolute atomic E-state index is 12.4. The lowest BCUT2D eigenvalue weighted by molar-refractivity contribution is -0.118. The van der Waals surface area contributed by atoms with Crippen molar-refractivity contribution in [2.24, 2.45) is 0 Å². The van der Waals surface area contributed by atoms with Crippen molar-refractivity contribution in [2.75, 3.05) is 11.4 Å². The molecule has 0 aliphatic carbocycles. The van der Waals surface area contributed by atoms with Gasteiger partial charge in [0.05, 0.1) is 0 Å². The number of amides is 1. The smallest absolute Gasteiger partial charge is 0.226 e. The molecule has 1 amide bonds. The minimum Gasteiger partial charge on any atom is -0.313 e. The van der Waals surface area contributed by atoms with Gasteiger partial charge in [0.1, 0.15) is 0 Å². The van der Waals surface area contributed by atoms with Crippen LogP contribution in [0.1, 0.15) is 104 Å². The third-order valence-electron chi connectivity index (χ3n) is 5.34. The second kappa shape index (κ2) is 17.5. The summed E-state index contributed by atoms with van der Waals surface area (Å²) in [6.07, 6.45) is 22.2. The molecule has 0 bridgehead atoms. The summed E-state index contributed by atoms with van der Waals surface area (Å²) >= 11 is 0. The molecule has 0 atom stereocenters. The van der Waals surface area contributed by atoms with Crippen molar-refractivity contribution < 1.29 is 4.79 Å². The van der Waals surface area contributed by atoms with E-state index < -0.39 is 0 Å². The van der Waals surface area contributed by atoms with Gasteiger partial charge in [0.2, 0.25) is 5.91 Å². The first-order chi connectivity index (χ1) is 13.8. The number of nitrogens with zero attached hydrogens (tertiary/aromatic N) is 1. The lowest BCUT2D eigenvalue weighted by Gasteiger charge is -2.21. The fraction of sp³-hybridized carbons (Fsp3) is 0.654. The van der Waals surface area contributed by atoms with Crippen molar-refractivity contribution in [1.82, 2.24) is 0 Å². The summed E-state index contributed by atoms with van der Waals surface area (Å²) in [5, 5.41) is 0. The summed E-state index contributed by atoms with van der Waals surface area (Å²) in [7, 11) is 0. The van der Waals surface area contributed by atoms with Crippen LogP contribution in [-0.4, -0.2) is 12.5 Å². The predicted octanol–water partition coefficient (Wildman–Crippen LogP) is 8.08. The summed E-state index contributed by atoms with van der Waals surface area (Å²) in [6.45, 7) is 5.06. The Bertz CT molecular complexity index is 508. The van der Waals surface area contributed by atoms with Crippen LogP contribution in [0.4, 0.5) is 5.69 Å². The minimum absolute atomic E-state index is 0.256. The zero-order valence-corrected chi connectivity index (χ0v) is 18.5. The molecule has 2 nitrogen and oxygen atoms in total. The van der Waals surface area contributed by atoms with Gasteiger partial charge in [-0.25, -0.2) is 0 Å². The summed E-state index contributed by atoms with van der Waals surface area (Å²) in [6, 6.07) is 10.0. The van der Waals surface area contributed by atoms with Crippen molar-refractivity contribution in [3.8, 4) is 0 Å². The summed E-state index contributed by atoms with van der Waals surface area (Å²) in [5.41, 5.74) is 1.02. The number of anilines is 1. The number of unbranched alkanes of at least 4 members (excludes halogenated alkanes) is 11. The molecule has 0 aromatic heterocycles. The van der Waals surface area contributed by atoms with Crippen LogP contribution in [0.15, 0.2) is 42.5 Å². The third kappa shape index (κ3) is 12.0. The highest BCUT2D eigenvalue weighted by Gasteiger charge is 2.12. The van der Waals surface area contributed by atoms with Crippen molar-refractivity contribution in [1.29, 1.82) is 0 Å². The number of benzene rings is 1.